The van der Waals surface area contributed by atoms with Crippen molar-refractivity contribution in [2.75, 3.05) is 13.1 Å². The second-order valence-electron chi connectivity index (χ2n) is 6.21. The molecule has 0 unspecified atom stereocenters. The van der Waals surface area contributed by atoms with Crippen LogP contribution in [0.5, 0.6) is 0 Å². The number of nitrogens with zero attached hydrogens (tertiary/aromatic N) is 1. The molecule has 1 heterocycles. The van der Waals surface area contributed by atoms with Crippen LogP contribution in [-0.2, 0) is 30.3 Å². The summed E-state index contributed by atoms with van der Waals surface area (Å²) in [5, 5.41) is 0. The van der Waals surface area contributed by atoms with E-state index in [0.717, 1.165) is 5.56 Å². The molecule has 0 saturated carbocycles. The fraction of sp³-hybridized carbons (Fsp3) is 0.389. The Hall–Kier alpha value is -2.83. The summed E-state index contributed by atoms with van der Waals surface area (Å²) in [7, 11) is 0. The second kappa shape index (κ2) is 7.83. The molecule has 0 atom stereocenters. The van der Waals surface area contributed by atoms with Gasteiger partial charge in [-0.1, -0.05) is 30.3 Å². The Morgan fingerprint density at radius 1 is 1.12 bits per heavy atom. The smallest absolute Gasteiger partial charge is 0.350 e. The van der Waals surface area contributed by atoms with Crippen LogP contribution in [0, 0.1) is 0 Å². The maximum Gasteiger partial charge on any atom is 0.350 e. The summed E-state index contributed by atoms with van der Waals surface area (Å²) in [6, 6.07) is 9.74. The number of hydrogen-bond acceptors (Lipinski definition) is 6. The first-order valence-electron chi connectivity index (χ1n) is 8.01. The highest BCUT2D eigenvalue weighted by Gasteiger charge is 2.39. The van der Waals surface area contributed by atoms with E-state index in [2.05, 4.69) is 0 Å². The summed E-state index contributed by atoms with van der Waals surface area (Å²) in [5.74, 6) is -3.23. The van der Waals surface area contributed by atoms with Gasteiger partial charge in [-0.15, -0.1) is 0 Å². The van der Waals surface area contributed by atoms with E-state index >= 15 is 0 Å². The lowest BCUT2D eigenvalue weighted by atomic mass is 10.1. The second-order valence-corrected chi connectivity index (χ2v) is 6.21. The summed E-state index contributed by atoms with van der Waals surface area (Å²) in [6.45, 7) is 3.76. The van der Waals surface area contributed by atoms with E-state index in [9.17, 15) is 14.4 Å². The van der Waals surface area contributed by atoms with Gasteiger partial charge in [0, 0.05) is 39.6 Å². The summed E-state index contributed by atoms with van der Waals surface area (Å²) in [6.07, 6.45) is 2.17. The number of ether oxygens (including phenoxy) is 2. The molecule has 0 bridgehead atoms. The number of amides is 1. The lowest BCUT2D eigenvalue weighted by Crippen LogP contribution is -2.42. The van der Waals surface area contributed by atoms with Crippen LogP contribution in [0.4, 0.5) is 0 Å². The van der Waals surface area contributed by atoms with Crippen LogP contribution in [0.1, 0.15) is 25.8 Å². The zero-order chi connectivity index (χ0) is 18.4. The van der Waals surface area contributed by atoms with E-state index in [0.29, 0.717) is 13.0 Å². The number of nitrogens with two attached hydrogens (primary N) is 1. The molecule has 0 aliphatic carbocycles. The van der Waals surface area contributed by atoms with Crippen molar-refractivity contribution in [1.29, 1.82) is 0 Å². The SMILES string of the molecule is CC1(C)OC(=O)C(=CN(CCC(N)=O)CCc2ccccc2)C(=O)O1. The molecular formula is C18H22N2O5. The van der Waals surface area contributed by atoms with Gasteiger partial charge >= 0.3 is 11.9 Å². The van der Waals surface area contributed by atoms with Crippen molar-refractivity contribution >= 4 is 17.8 Å². The number of rotatable bonds is 7. The standard InChI is InChI=1S/C18H22N2O5/c1-18(2)24-16(22)14(17(23)25-18)12-20(11-9-15(19)21)10-8-13-6-4-3-5-7-13/h3-7,12H,8-11H2,1-2H3,(H2,19,21). The molecule has 1 aliphatic rings. The van der Waals surface area contributed by atoms with E-state index in [-0.39, 0.29) is 18.5 Å². The molecule has 0 aromatic heterocycles. The number of cyclic esters (lactones) is 2. The van der Waals surface area contributed by atoms with Crippen molar-refractivity contribution in [2.24, 2.45) is 5.73 Å². The topological polar surface area (TPSA) is 98.9 Å². The number of hydrogen-bond donors (Lipinski definition) is 1. The highest BCUT2D eigenvalue weighted by molar-refractivity contribution is 6.15. The number of carbonyl (C=O) groups excluding carboxylic acids is 3. The molecule has 134 valence electrons. The van der Waals surface area contributed by atoms with E-state index in [1.807, 2.05) is 30.3 Å². The molecule has 1 amide bonds. The van der Waals surface area contributed by atoms with Gasteiger partial charge in [-0.3, -0.25) is 4.79 Å². The first-order valence-corrected chi connectivity index (χ1v) is 8.01. The van der Waals surface area contributed by atoms with Crippen molar-refractivity contribution in [2.45, 2.75) is 32.5 Å². The third-order valence-electron chi connectivity index (χ3n) is 3.60. The van der Waals surface area contributed by atoms with E-state index in [4.69, 9.17) is 15.2 Å². The molecule has 1 aromatic rings. The van der Waals surface area contributed by atoms with Gasteiger partial charge in [0.1, 0.15) is 0 Å². The Bertz CT molecular complexity index is 660. The van der Waals surface area contributed by atoms with Gasteiger partial charge in [0.05, 0.1) is 0 Å². The van der Waals surface area contributed by atoms with Gasteiger partial charge in [0.2, 0.25) is 5.91 Å². The van der Waals surface area contributed by atoms with Crippen molar-refractivity contribution < 1.29 is 23.9 Å². The normalized spacial score (nSPS) is 16.0. The number of primary amides is 1. The minimum Gasteiger partial charge on any atom is -0.419 e. The first kappa shape index (κ1) is 18.5. The lowest BCUT2D eigenvalue weighted by Gasteiger charge is -2.31. The van der Waals surface area contributed by atoms with E-state index < -0.39 is 23.6 Å². The number of carbonyl (C=O) groups is 3. The fourth-order valence-corrected chi connectivity index (χ4v) is 2.36. The minimum absolute atomic E-state index is 0.105. The molecule has 1 saturated heterocycles. The van der Waals surface area contributed by atoms with Crippen molar-refractivity contribution in [3.05, 3.63) is 47.7 Å². The van der Waals surface area contributed by atoms with Crippen molar-refractivity contribution in [1.82, 2.24) is 4.90 Å². The zero-order valence-corrected chi connectivity index (χ0v) is 14.4. The third kappa shape index (κ3) is 5.63. The predicted octanol–water partition coefficient (Wildman–Crippen LogP) is 1.13. The van der Waals surface area contributed by atoms with Crippen LogP contribution in [0.25, 0.3) is 0 Å². The van der Waals surface area contributed by atoms with Crippen molar-refractivity contribution in [3.8, 4) is 0 Å². The lowest BCUT2D eigenvalue weighted by molar-refractivity contribution is -0.222. The Balaban J connectivity index is 2.12. The summed E-state index contributed by atoms with van der Waals surface area (Å²) in [4.78, 5) is 36.9. The third-order valence-corrected chi connectivity index (χ3v) is 3.60. The quantitative estimate of drug-likeness (QED) is 0.451. The van der Waals surface area contributed by atoms with Gasteiger partial charge in [0.25, 0.3) is 5.79 Å². The zero-order valence-electron chi connectivity index (χ0n) is 14.4. The highest BCUT2D eigenvalue weighted by Crippen LogP contribution is 2.23. The molecule has 7 nitrogen and oxygen atoms in total. The largest absolute Gasteiger partial charge is 0.419 e. The average Bonchev–Trinajstić information content (AvgIpc) is 2.52. The summed E-state index contributed by atoms with van der Waals surface area (Å²) < 4.78 is 10.2. The molecule has 2 N–H and O–H groups in total. The minimum atomic E-state index is -1.28. The fourth-order valence-electron chi connectivity index (χ4n) is 2.36. The van der Waals surface area contributed by atoms with Gasteiger partial charge in [-0.25, -0.2) is 9.59 Å². The first-order chi connectivity index (χ1) is 11.8. The van der Waals surface area contributed by atoms with E-state index in [1.54, 1.807) is 4.90 Å². The molecule has 1 fully saturated rings. The monoisotopic (exact) mass is 346 g/mol. The van der Waals surface area contributed by atoms with Crippen LogP contribution in [0.15, 0.2) is 42.1 Å². The molecule has 1 aromatic carbocycles. The van der Waals surface area contributed by atoms with Crippen LogP contribution in [0.2, 0.25) is 0 Å². The van der Waals surface area contributed by atoms with Gasteiger partial charge in [-0.05, 0) is 12.0 Å². The average molecular weight is 346 g/mol. The van der Waals surface area contributed by atoms with E-state index in [1.165, 1.54) is 20.0 Å². The van der Waals surface area contributed by atoms with Gasteiger partial charge in [-0.2, -0.15) is 0 Å². The molecule has 7 heteroatoms. The Labute approximate surface area is 146 Å². The molecule has 1 aliphatic heterocycles. The maximum atomic E-state index is 12.1. The summed E-state index contributed by atoms with van der Waals surface area (Å²) in [5.41, 5.74) is 6.10. The number of esters is 2. The highest BCUT2D eigenvalue weighted by atomic mass is 16.7. The van der Waals surface area contributed by atoms with Gasteiger partial charge in [0.15, 0.2) is 5.57 Å². The Morgan fingerprint density at radius 2 is 1.72 bits per heavy atom. The predicted molar refractivity (Wildman–Crippen MR) is 89.9 cm³/mol. The molecule has 0 spiro atoms. The van der Waals surface area contributed by atoms with Crippen molar-refractivity contribution in [3.63, 3.8) is 0 Å². The van der Waals surface area contributed by atoms with Gasteiger partial charge < -0.3 is 20.1 Å². The maximum absolute atomic E-state index is 12.1. The molecule has 25 heavy (non-hydrogen) atoms. The molecule has 0 radical (unpaired) electrons. The van der Waals surface area contributed by atoms with Crippen LogP contribution in [0.3, 0.4) is 0 Å². The number of benzene rings is 1. The van der Waals surface area contributed by atoms with Crippen LogP contribution < -0.4 is 5.73 Å². The van der Waals surface area contributed by atoms with Crippen LogP contribution in [-0.4, -0.2) is 41.6 Å². The summed E-state index contributed by atoms with van der Waals surface area (Å²) >= 11 is 0. The molecular weight excluding hydrogens is 324 g/mol. The Morgan fingerprint density at radius 3 is 2.28 bits per heavy atom. The Kier molecular flexibility index (Phi) is 5.80. The van der Waals surface area contributed by atoms with Crippen LogP contribution >= 0.6 is 0 Å². The molecule has 2 rings (SSSR count).